The number of benzene rings is 1. The third-order valence-corrected chi connectivity index (χ3v) is 4.52. The first-order valence-electron chi connectivity index (χ1n) is 7.90. The van der Waals surface area contributed by atoms with Crippen molar-refractivity contribution in [2.75, 3.05) is 7.11 Å². The highest BCUT2D eigenvalue weighted by molar-refractivity contribution is 5.38. The van der Waals surface area contributed by atoms with E-state index in [1.807, 2.05) is 0 Å². The average Bonchev–Trinajstić information content (AvgIpc) is 2.37. The molecule has 1 fully saturated rings. The van der Waals surface area contributed by atoms with E-state index in [2.05, 4.69) is 51.2 Å². The molecule has 3 atom stereocenters. The number of hydrogen-bond acceptors (Lipinski definition) is 2. The highest BCUT2D eigenvalue weighted by Crippen LogP contribution is 2.32. The summed E-state index contributed by atoms with van der Waals surface area (Å²) in [7, 11) is 1.76. The van der Waals surface area contributed by atoms with Crippen LogP contribution in [0.25, 0.3) is 0 Å². The first kappa shape index (κ1) is 15.4. The Morgan fingerprint density at radius 3 is 2.40 bits per heavy atom. The molecule has 0 saturated heterocycles. The largest absolute Gasteiger partial charge is 0.496 e. The molecular weight excluding hydrogens is 246 g/mol. The summed E-state index contributed by atoms with van der Waals surface area (Å²) >= 11 is 0. The maximum Gasteiger partial charge on any atom is 0.123 e. The first-order chi connectivity index (χ1) is 9.49. The normalized spacial score (nSPS) is 28.1. The Labute approximate surface area is 123 Å². The molecule has 1 aliphatic carbocycles. The van der Waals surface area contributed by atoms with Gasteiger partial charge in [-0.2, -0.15) is 0 Å². The SMILES string of the molecule is COc1ccc(C)cc1C(C)NC1CC(C)CC(C)C1. The topological polar surface area (TPSA) is 21.3 Å². The molecule has 0 spiro atoms. The zero-order chi connectivity index (χ0) is 14.7. The third kappa shape index (κ3) is 3.76. The van der Waals surface area contributed by atoms with Gasteiger partial charge in [-0.15, -0.1) is 0 Å². The number of methoxy groups -OCH3 is 1. The van der Waals surface area contributed by atoms with Gasteiger partial charge in [0.15, 0.2) is 0 Å². The molecule has 2 nitrogen and oxygen atoms in total. The second kappa shape index (κ2) is 6.62. The van der Waals surface area contributed by atoms with Crippen molar-refractivity contribution in [1.82, 2.24) is 5.32 Å². The first-order valence-corrected chi connectivity index (χ1v) is 7.90. The number of hydrogen-bond donors (Lipinski definition) is 1. The van der Waals surface area contributed by atoms with Gasteiger partial charge in [0.05, 0.1) is 7.11 Å². The summed E-state index contributed by atoms with van der Waals surface area (Å²) in [4.78, 5) is 0. The van der Waals surface area contributed by atoms with Crippen LogP contribution in [0.5, 0.6) is 5.75 Å². The summed E-state index contributed by atoms with van der Waals surface area (Å²) < 4.78 is 5.51. The van der Waals surface area contributed by atoms with Gasteiger partial charge in [-0.3, -0.25) is 0 Å². The van der Waals surface area contributed by atoms with Crippen molar-refractivity contribution in [3.05, 3.63) is 29.3 Å². The van der Waals surface area contributed by atoms with E-state index in [4.69, 9.17) is 4.74 Å². The quantitative estimate of drug-likeness (QED) is 0.875. The predicted octanol–water partition coefficient (Wildman–Crippen LogP) is 4.48. The number of nitrogens with one attached hydrogen (secondary N) is 1. The van der Waals surface area contributed by atoms with Gasteiger partial charge in [-0.05, 0) is 51.0 Å². The Morgan fingerprint density at radius 1 is 1.15 bits per heavy atom. The molecule has 0 aliphatic heterocycles. The van der Waals surface area contributed by atoms with Crippen molar-refractivity contribution in [3.8, 4) is 5.75 Å². The molecule has 2 heteroatoms. The Balaban J connectivity index is 2.07. The van der Waals surface area contributed by atoms with Crippen molar-refractivity contribution in [3.63, 3.8) is 0 Å². The Morgan fingerprint density at radius 2 is 1.80 bits per heavy atom. The minimum atomic E-state index is 0.340. The highest BCUT2D eigenvalue weighted by atomic mass is 16.5. The minimum Gasteiger partial charge on any atom is -0.496 e. The molecule has 0 amide bonds. The van der Waals surface area contributed by atoms with Crippen molar-refractivity contribution in [2.45, 2.75) is 59.0 Å². The molecule has 1 aliphatic rings. The van der Waals surface area contributed by atoms with Crippen LogP contribution in [0.3, 0.4) is 0 Å². The fraction of sp³-hybridized carbons (Fsp3) is 0.667. The van der Waals surface area contributed by atoms with E-state index in [0.29, 0.717) is 12.1 Å². The lowest BCUT2D eigenvalue weighted by molar-refractivity contribution is 0.227. The van der Waals surface area contributed by atoms with Crippen LogP contribution in [0.1, 0.15) is 57.2 Å². The Hall–Kier alpha value is -1.02. The van der Waals surface area contributed by atoms with Gasteiger partial charge in [-0.25, -0.2) is 0 Å². The van der Waals surface area contributed by atoms with Crippen LogP contribution in [0.2, 0.25) is 0 Å². The Kier molecular flexibility index (Phi) is 5.09. The second-order valence-electron chi connectivity index (χ2n) is 6.75. The molecule has 0 aromatic heterocycles. The number of rotatable bonds is 4. The predicted molar refractivity (Wildman–Crippen MR) is 85.2 cm³/mol. The van der Waals surface area contributed by atoms with Gasteiger partial charge in [0.2, 0.25) is 0 Å². The van der Waals surface area contributed by atoms with Crippen LogP contribution in [0.15, 0.2) is 18.2 Å². The summed E-state index contributed by atoms with van der Waals surface area (Å²) in [5.74, 6) is 2.67. The lowest BCUT2D eigenvalue weighted by atomic mass is 9.80. The molecule has 1 aromatic carbocycles. The second-order valence-corrected chi connectivity index (χ2v) is 6.75. The molecule has 1 saturated carbocycles. The molecule has 112 valence electrons. The maximum atomic E-state index is 5.51. The van der Waals surface area contributed by atoms with Crippen molar-refractivity contribution in [1.29, 1.82) is 0 Å². The highest BCUT2D eigenvalue weighted by Gasteiger charge is 2.25. The maximum absolute atomic E-state index is 5.51. The molecule has 3 unspecified atom stereocenters. The van der Waals surface area contributed by atoms with Crippen LogP contribution in [0.4, 0.5) is 0 Å². The van der Waals surface area contributed by atoms with Crippen molar-refractivity contribution in [2.24, 2.45) is 11.8 Å². The summed E-state index contributed by atoms with van der Waals surface area (Å²) in [6.07, 6.45) is 3.96. The number of aryl methyl sites for hydroxylation is 1. The number of ether oxygens (including phenoxy) is 1. The van der Waals surface area contributed by atoms with Crippen molar-refractivity contribution >= 4 is 0 Å². The molecule has 1 N–H and O–H groups in total. The van der Waals surface area contributed by atoms with E-state index >= 15 is 0 Å². The van der Waals surface area contributed by atoms with Crippen LogP contribution in [-0.2, 0) is 0 Å². The van der Waals surface area contributed by atoms with Crippen LogP contribution in [0, 0.1) is 18.8 Å². The fourth-order valence-corrected chi connectivity index (χ4v) is 3.72. The smallest absolute Gasteiger partial charge is 0.123 e. The van der Waals surface area contributed by atoms with E-state index in [0.717, 1.165) is 17.6 Å². The fourth-order valence-electron chi connectivity index (χ4n) is 3.72. The van der Waals surface area contributed by atoms with Gasteiger partial charge in [0.1, 0.15) is 5.75 Å². The molecule has 0 heterocycles. The van der Waals surface area contributed by atoms with Crippen LogP contribution >= 0.6 is 0 Å². The van der Waals surface area contributed by atoms with Gasteiger partial charge in [0, 0.05) is 17.6 Å². The molecule has 20 heavy (non-hydrogen) atoms. The summed E-state index contributed by atoms with van der Waals surface area (Å²) in [5.41, 5.74) is 2.57. The minimum absolute atomic E-state index is 0.340. The van der Waals surface area contributed by atoms with Crippen LogP contribution < -0.4 is 10.1 Å². The van der Waals surface area contributed by atoms with Gasteiger partial charge in [-0.1, -0.05) is 31.5 Å². The lowest BCUT2D eigenvalue weighted by Crippen LogP contribution is -2.37. The molecular formula is C18H29NO. The van der Waals surface area contributed by atoms with E-state index in [1.54, 1.807) is 7.11 Å². The molecule has 1 aromatic rings. The van der Waals surface area contributed by atoms with E-state index in [1.165, 1.54) is 30.4 Å². The van der Waals surface area contributed by atoms with Crippen LogP contribution in [-0.4, -0.2) is 13.2 Å². The average molecular weight is 275 g/mol. The zero-order valence-electron chi connectivity index (χ0n) is 13.6. The Bertz CT molecular complexity index is 433. The third-order valence-electron chi connectivity index (χ3n) is 4.52. The zero-order valence-corrected chi connectivity index (χ0v) is 13.6. The van der Waals surface area contributed by atoms with Gasteiger partial charge in [0.25, 0.3) is 0 Å². The molecule has 0 radical (unpaired) electrons. The summed E-state index contributed by atoms with van der Waals surface area (Å²) in [6, 6.07) is 7.40. The molecule has 0 bridgehead atoms. The lowest BCUT2D eigenvalue weighted by Gasteiger charge is -2.34. The summed E-state index contributed by atoms with van der Waals surface area (Å²) in [6.45, 7) is 9.14. The monoisotopic (exact) mass is 275 g/mol. The van der Waals surface area contributed by atoms with Gasteiger partial charge >= 0.3 is 0 Å². The standard InChI is InChI=1S/C18H29NO/c1-12-6-7-18(20-5)17(11-12)15(4)19-16-9-13(2)8-14(3)10-16/h6-7,11,13-16,19H,8-10H2,1-5H3. The van der Waals surface area contributed by atoms with Crippen molar-refractivity contribution < 1.29 is 4.74 Å². The van der Waals surface area contributed by atoms with E-state index < -0.39 is 0 Å². The van der Waals surface area contributed by atoms with E-state index in [-0.39, 0.29) is 0 Å². The molecule has 2 rings (SSSR count). The summed E-state index contributed by atoms with van der Waals surface area (Å²) in [5, 5.41) is 3.82. The van der Waals surface area contributed by atoms with Gasteiger partial charge < -0.3 is 10.1 Å². The van der Waals surface area contributed by atoms with E-state index in [9.17, 15) is 0 Å².